The summed E-state index contributed by atoms with van der Waals surface area (Å²) in [6.45, 7) is 13.9. The van der Waals surface area contributed by atoms with Gasteiger partial charge in [-0.25, -0.2) is 4.39 Å². The van der Waals surface area contributed by atoms with Gasteiger partial charge in [-0.3, -0.25) is 4.90 Å². The lowest BCUT2D eigenvalue weighted by molar-refractivity contribution is 0.0512. The summed E-state index contributed by atoms with van der Waals surface area (Å²) in [6, 6.07) is 7.53. The molecule has 3 aliphatic rings. The van der Waals surface area contributed by atoms with E-state index in [1.807, 2.05) is 19.1 Å². The zero-order chi connectivity index (χ0) is 28.7. The van der Waals surface area contributed by atoms with Crippen LogP contribution in [0.3, 0.4) is 0 Å². The molecule has 0 spiro atoms. The second-order valence-electron chi connectivity index (χ2n) is 11.3. The van der Waals surface area contributed by atoms with Gasteiger partial charge in [0.2, 0.25) is 5.88 Å². The Kier molecular flexibility index (Phi) is 7.34. The molecule has 2 fully saturated rings. The zero-order valence-electron chi connectivity index (χ0n) is 24.1. The minimum absolute atomic E-state index is 0.125. The van der Waals surface area contributed by atoms with Crippen molar-refractivity contribution in [2.24, 2.45) is 0 Å². The molecule has 216 valence electrons. The van der Waals surface area contributed by atoms with Gasteiger partial charge in [0.15, 0.2) is 6.79 Å². The number of rotatable bonds is 9. The van der Waals surface area contributed by atoms with Crippen LogP contribution in [0.1, 0.15) is 36.6 Å². The van der Waals surface area contributed by atoms with E-state index in [1.165, 1.54) is 17.2 Å². The lowest BCUT2D eigenvalue weighted by Crippen LogP contribution is -2.43. The summed E-state index contributed by atoms with van der Waals surface area (Å²) >= 11 is 0. The monoisotopic (exact) mass is 560 g/mol. The first-order valence-electron chi connectivity index (χ1n) is 14.1. The number of methoxy groups -OCH3 is 2. The Morgan fingerprint density at radius 1 is 1.02 bits per heavy atom. The van der Waals surface area contributed by atoms with E-state index in [-0.39, 0.29) is 18.1 Å². The molecule has 4 heterocycles. The molecule has 3 aromatic rings. The topological polar surface area (TPSA) is 69.2 Å². The van der Waals surface area contributed by atoms with E-state index in [4.69, 9.17) is 23.9 Å². The van der Waals surface area contributed by atoms with Crippen molar-refractivity contribution in [2.45, 2.75) is 44.7 Å². The van der Waals surface area contributed by atoms with Gasteiger partial charge in [0.25, 0.3) is 0 Å². The molecule has 0 saturated carbocycles. The summed E-state index contributed by atoms with van der Waals surface area (Å²) in [7, 11) is 3.21. The molecule has 1 aromatic heterocycles. The van der Waals surface area contributed by atoms with Crippen LogP contribution in [0.2, 0.25) is 0 Å². The van der Waals surface area contributed by atoms with Crippen molar-refractivity contribution >= 4 is 16.5 Å². The Labute approximate surface area is 240 Å². The van der Waals surface area contributed by atoms with Gasteiger partial charge in [-0.1, -0.05) is 37.3 Å². The quantitative estimate of drug-likeness (QED) is 0.261. The van der Waals surface area contributed by atoms with Crippen molar-refractivity contribution in [3.63, 3.8) is 0 Å². The molecular weight excluding hydrogens is 523 g/mol. The zero-order valence-corrected chi connectivity index (χ0v) is 24.1. The van der Waals surface area contributed by atoms with E-state index in [2.05, 4.69) is 27.9 Å². The molecular formula is C32H37FN4O4. The molecule has 9 heteroatoms. The lowest BCUT2D eigenvalue weighted by atomic mass is 9.92. The van der Waals surface area contributed by atoms with E-state index in [1.54, 1.807) is 20.3 Å². The molecule has 0 amide bonds. The number of halogens is 1. The SMILES string of the molecule is C=C1CN2CC(=C)CC2(COc2nc3c(c(OC)n2)CCN(c2cc(OCOC)cc4ccc(F)c(CC)c24)C3)C1. The average Bonchev–Trinajstić information content (AvgIpc) is 3.43. The number of hydrogen-bond acceptors (Lipinski definition) is 8. The number of benzene rings is 2. The van der Waals surface area contributed by atoms with Gasteiger partial charge in [-0.2, -0.15) is 9.97 Å². The summed E-state index contributed by atoms with van der Waals surface area (Å²) in [5, 5.41) is 1.81. The van der Waals surface area contributed by atoms with Crippen LogP contribution < -0.4 is 19.1 Å². The van der Waals surface area contributed by atoms with Crippen LogP contribution in [0.4, 0.5) is 10.1 Å². The number of hydrogen-bond donors (Lipinski definition) is 0. The predicted molar refractivity (Wildman–Crippen MR) is 156 cm³/mol. The first-order chi connectivity index (χ1) is 19.8. The molecule has 0 aliphatic carbocycles. The van der Waals surface area contributed by atoms with E-state index in [0.29, 0.717) is 55.7 Å². The van der Waals surface area contributed by atoms with E-state index < -0.39 is 0 Å². The molecule has 0 unspecified atom stereocenters. The van der Waals surface area contributed by atoms with Gasteiger partial charge in [-0.05, 0) is 48.8 Å². The Morgan fingerprint density at radius 3 is 2.51 bits per heavy atom. The molecule has 0 radical (unpaired) electrons. The van der Waals surface area contributed by atoms with Crippen LogP contribution in [-0.2, 0) is 24.1 Å². The second kappa shape index (κ2) is 10.9. The van der Waals surface area contributed by atoms with Crippen molar-refractivity contribution in [1.82, 2.24) is 14.9 Å². The first-order valence-corrected chi connectivity index (χ1v) is 14.1. The van der Waals surface area contributed by atoms with Crippen molar-refractivity contribution in [3.8, 4) is 17.6 Å². The standard InChI is InChI=1S/C32H37FN4O4/c1-6-24-26(33)8-7-22-11-23(41-19-38-4)12-28(29(22)24)36-10-9-25-27(17-36)34-31(35-30(25)39-5)40-18-32-13-20(2)15-37(32)16-21(3)14-32/h7-8,11-12H,2-3,6,9-10,13-19H2,1,4-5H3. The number of nitrogens with zero attached hydrogens (tertiary/aromatic N) is 4. The van der Waals surface area contributed by atoms with Crippen LogP contribution in [-0.4, -0.2) is 67.7 Å². The fourth-order valence-electron chi connectivity index (χ4n) is 6.74. The van der Waals surface area contributed by atoms with Gasteiger partial charge in [0, 0.05) is 49.4 Å². The number of aryl methyl sites for hydroxylation is 1. The number of fused-ring (bicyclic) bond motifs is 3. The average molecular weight is 561 g/mol. The first kappa shape index (κ1) is 27.5. The van der Waals surface area contributed by atoms with Crippen molar-refractivity contribution < 1.29 is 23.3 Å². The molecule has 2 saturated heterocycles. The van der Waals surface area contributed by atoms with Gasteiger partial charge in [0.1, 0.15) is 18.2 Å². The van der Waals surface area contributed by atoms with Crippen LogP contribution in [0, 0.1) is 5.82 Å². The molecule has 2 aromatic carbocycles. The van der Waals surface area contributed by atoms with E-state index >= 15 is 0 Å². The molecule has 3 aliphatic heterocycles. The van der Waals surface area contributed by atoms with E-state index in [9.17, 15) is 4.39 Å². The largest absolute Gasteiger partial charge is 0.481 e. The van der Waals surface area contributed by atoms with Gasteiger partial charge < -0.3 is 23.8 Å². The molecule has 0 atom stereocenters. The Hall–Kier alpha value is -3.69. The van der Waals surface area contributed by atoms with Gasteiger partial charge in [-0.15, -0.1) is 0 Å². The van der Waals surface area contributed by atoms with Crippen molar-refractivity contribution in [1.29, 1.82) is 0 Å². The van der Waals surface area contributed by atoms with Crippen LogP contribution in [0.5, 0.6) is 17.6 Å². The summed E-state index contributed by atoms with van der Waals surface area (Å²) in [6.07, 6.45) is 3.02. The summed E-state index contributed by atoms with van der Waals surface area (Å²) in [5.41, 5.74) is 5.68. The van der Waals surface area contributed by atoms with Gasteiger partial charge in [0.05, 0.1) is 24.9 Å². The predicted octanol–water partition coefficient (Wildman–Crippen LogP) is 5.22. The summed E-state index contributed by atoms with van der Waals surface area (Å²) in [5.74, 6) is 0.993. The number of ether oxygens (including phenoxy) is 4. The minimum atomic E-state index is -0.207. The fourth-order valence-corrected chi connectivity index (χ4v) is 6.74. The summed E-state index contributed by atoms with van der Waals surface area (Å²) < 4.78 is 37.9. The highest BCUT2D eigenvalue weighted by Gasteiger charge is 2.48. The molecule has 0 N–H and O–H groups in total. The second-order valence-corrected chi connectivity index (χ2v) is 11.3. The molecule has 0 bridgehead atoms. The third kappa shape index (κ3) is 5.02. The van der Waals surface area contributed by atoms with Crippen LogP contribution in [0.15, 0.2) is 48.6 Å². The van der Waals surface area contributed by atoms with E-state index in [0.717, 1.165) is 53.6 Å². The van der Waals surface area contributed by atoms with Crippen molar-refractivity contribution in [3.05, 3.63) is 71.2 Å². The highest BCUT2D eigenvalue weighted by molar-refractivity contribution is 5.98. The smallest absolute Gasteiger partial charge is 0.320 e. The summed E-state index contributed by atoms with van der Waals surface area (Å²) in [4.78, 5) is 14.1. The van der Waals surface area contributed by atoms with Crippen molar-refractivity contribution in [2.75, 3.05) is 52.2 Å². The highest BCUT2D eigenvalue weighted by atomic mass is 19.1. The maximum atomic E-state index is 15.0. The third-order valence-corrected chi connectivity index (χ3v) is 8.49. The molecule has 6 rings (SSSR count). The highest BCUT2D eigenvalue weighted by Crippen LogP contribution is 2.43. The Morgan fingerprint density at radius 2 is 1.80 bits per heavy atom. The number of anilines is 1. The van der Waals surface area contributed by atoms with Crippen LogP contribution in [0.25, 0.3) is 10.8 Å². The maximum Gasteiger partial charge on any atom is 0.320 e. The lowest BCUT2D eigenvalue weighted by Gasteiger charge is -2.33. The number of aromatic nitrogens is 2. The normalized spacial score (nSPS) is 18.1. The Bertz CT molecular complexity index is 1500. The van der Waals surface area contributed by atoms with Gasteiger partial charge >= 0.3 is 6.01 Å². The molecule has 8 nitrogen and oxygen atoms in total. The fraction of sp³-hybridized carbons (Fsp3) is 0.438. The van der Waals surface area contributed by atoms with Crippen LogP contribution >= 0.6 is 0 Å². The maximum absolute atomic E-state index is 15.0. The Balaban J connectivity index is 1.33. The third-order valence-electron chi connectivity index (χ3n) is 8.49. The minimum Gasteiger partial charge on any atom is -0.481 e. The molecule has 41 heavy (non-hydrogen) atoms.